The number of benzene rings is 1. The van der Waals surface area contributed by atoms with E-state index in [2.05, 4.69) is 18.8 Å². The molecule has 1 N–H and O–H groups in total. The predicted molar refractivity (Wildman–Crippen MR) is 62.5 cm³/mol. The highest BCUT2D eigenvalue weighted by atomic mass is 35.5. The van der Waals surface area contributed by atoms with E-state index in [4.69, 9.17) is 11.6 Å². The van der Waals surface area contributed by atoms with Gasteiger partial charge in [-0.2, -0.15) is 0 Å². The molecule has 1 atom stereocenters. The highest BCUT2D eigenvalue weighted by Gasteiger charge is 2.06. The third-order valence-electron chi connectivity index (χ3n) is 2.19. The van der Waals surface area contributed by atoms with Crippen LogP contribution in [0.3, 0.4) is 0 Å². The summed E-state index contributed by atoms with van der Waals surface area (Å²) in [5, 5.41) is 3.45. The minimum atomic E-state index is -0.368. The largest absolute Gasteiger partial charge is 0.310 e. The Morgan fingerprint density at radius 2 is 2.33 bits per heavy atom. The van der Waals surface area contributed by atoms with Gasteiger partial charge in [0, 0.05) is 12.6 Å². The molecule has 0 aromatic heterocycles. The van der Waals surface area contributed by atoms with Crippen LogP contribution in [-0.2, 0) is 6.54 Å². The van der Waals surface area contributed by atoms with Gasteiger partial charge in [0.2, 0.25) is 0 Å². The Balaban J connectivity index is 2.57. The van der Waals surface area contributed by atoms with Crippen molar-refractivity contribution in [1.29, 1.82) is 0 Å². The lowest BCUT2D eigenvalue weighted by Crippen LogP contribution is -2.24. The molecule has 0 fully saturated rings. The lowest BCUT2D eigenvalue weighted by Gasteiger charge is -2.12. The van der Waals surface area contributed by atoms with E-state index in [9.17, 15) is 4.39 Å². The summed E-state index contributed by atoms with van der Waals surface area (Å²) in [4.78, 5) is 0. The van der Waals surface area contributed by atoms with Crippen molar-refractivity contribution in [2.24, 2.45) is 0 Å². The molecule has 0 aliphatic carbocycles. The average Bonchev–Trinajstić information content (AvgIpc) is 2.21. The molecule has 0 aliphatic heterocycles. The normalized spacial score (nSPS) is 12.5. The fourth-order valence-electron chi connectivity index (χ4n) is 1.30. The summed E-state index contributed by atoms with van der Waals surface area (Å²) >= 11 is 5.82. The minimum Gasteiger partial charge on any atom is -0.310 e. The van der Waals surface area contributed by atoms with Gasteiger partial charge in [0.1, 0.15) is 5.82 Å². The van der Waals surface area contributed by atoms with Crippen LogP contribution in [0, 0.1) is 5.82 Å². The summed E-state index contributed by atoms with van der Waals surface area (Å²) in [6, 6.07) is 5.16. The summed E-state index contributed by atoms with van der Waals surface area (Å²) in [5.41, 5.74) is 0.785. The first kappa shape index (κ1) is 12.2. The molecule has 0 spiro atoms. The molecule has 0 heterocycles. The number of hydrogen-bond donors (Lipinski definition) is 1. The van der Waals surface area contributed by atoms with Gasteiger partial charge in [0.25, 0.3) is 0 Å². The van der Waals surface area contributed by atoms with E-state index in [-0.39, 0.29) is 10.8 Å². The fourth-order valence-corrected chi connectivity index (χ4v) is 1.50. The van der Waals surface area contributed by atoms with Gasteiger partial charge in [-0.1, -0.05) is 29.8 Å². The Morgan fingerprint density at radius 3 is 3.00 bits per heavy atom. The number of hydrogen-bond acceptors (Lipinski definition) is 1. The number of halogens is 2. The minimum absolute atomic E-state index is 0.204. The highest BCUT2D eigenvalue weighted by molar-refractivity contribution is 6.31. The smallest absolute Gasteiger partial charge is 0.142 e. The van der Waals surface area contributed by atoms with E-state index in [0.717, 1.165) is 12.0 Å². The van der Waals surface area contributed by atoms with Gasteiger partial charge in [-0.15, -0.1) is 6.58 Å². The van der Waals surface area contributed by atoms with Crippen LogP contribution >= 0.6 is 11.6 Å². The maximum Gasteiger partial charge on any atom is 0.142 e. The van der Waals surface area contributed by atoms with Gasteiger partial charge >= 0.3 is 0 Å². The molecule has 0 radical (unpaired) electrons. The van der Waals surface area contributed by atoms with E-state index in [0.29, 0.717) is 12.6 Å². The first-order valence-corrected chi connectivity index (χ1v) is 5.30. The fraction of sp³-hybridized carbons (Fsp3) is 0.333. The van der Waals surface area contributed by atoms with Gasteiger partial charge in [-0.25, -0.2) is 4.39 Å². The van der Waals surface area contributed by atoms with Crippen molar-refractivity contribution in [3.63, 3.8) is 0 Å². The molecular formula is C12H15ClFN. The zero-order valence-corrected chi connectivity index (χ0v) is 9.52. The van der Waals surface area contributed by atoms with Crippen LogP contribution in [-0.4, -0.2) is 6.04 Å². The van der Waals surface area contributed by atoms with Crippen LogP contribution in [0.25, 0.3) is 0 Å². The second-order valence-corrected chi connectivity index (χ2v) is 3.90. The van der Waals surface area contributed by atoms with Crippen LogP contribution < -0.4 is 5.32 Å². The van der Waals surface area contributed by atoms with Crippen molar-refractivity contribution in [3.05, 3.63) is 47.3 Å². The monoisotopic (exact) mass is 227 g/mol. The van der Waals surface area contributed by atoms with Crippen LogP contribution in [0.15, 0.2) is 30.9 Å². The summed E-state index contributed by atoms with van der Waals surface area (Å²) in [6.07, 6.45) is 2.73. The second-order valence-electron chi connectivity index (χ2n) is 3.52. The molecule has 0 bridgehead atoms. The molecule has 0 saturated heterocycles. The standard InChI is InChI=1S/C12H15ClFN/c1-3-5-9(2)15-8-10-6-4-7-11(14)12(10)13/h3-4,6-7,9,15H,1,5,8H2,2H3. The topological polar surface area (TPSA) is 12.0 Å². The summed E-state index contributed by atoms with van der Waals surface area (Å²) in [6.45, 7) is 6.29. The second kappa shape index (κ2) is 5.89. The molecule has 0 saturated carbocycles. The SMILES string of the molecule is C=CCC(C)NCc1cccc(F)c1Cl. The van der Waals surface area contributed by atoms with Crippen molar-refractivity contribution in [2.45, 2.75) is 25.9 Å². The molecule has 15 heavy (non-hydrogen) atoms. The Labute approximate surface area is 95.0 Å². The first-order valence-electron chi connectivity index (χ1n) is 4.92. The predicted octanol–water partition coefficient (Wildman–Crippen LogP) is 3.53. The van der Waals surface area contributed by atoms with Crippen molar-refractivity contribution in [1.82, 2.24) is 5.32 Å². The summed E-state index contributed by atoms with van der Waals surface area (Å²) < 4.78 is 13.1. The van der Waals surface area contributed by atoms with Gasteiger partial charge < -0.3 is 5.32 Å². The lowest BCUT2D eigenvalue weighted by atomic mass is 10.2. The molecule has 1 aromatic rings. The Morgan fingerprint density at radius 1 is 1.60 bits per heavy atom. The highest BCUT2D eigenvalue weighted by Crippen LogP contribution is 2.19. The van der Waals surface area contributed by atoms with E-state index in [1.807, 2.05) is 12.1 Å². The van der Waals surface area contributed by atoms with Crippen molar-refractivity contribution < 1.29 is 4.39 Å². The molecule has 0 aliphatic rings. The average molecular weight is 228 g/mol. The first-order chi connectivity index (χ1) is 7.15. The van der Waals surface area contributed by atoms with E-state index >= 15 is 0 Å². The molecular weight excluding hydrogens is 213 g/mol. The summed E-state index contributed by atoms with van der Waals surface area (Å²) in [5.74, 6) is -0.368. The lowest BCUT2D eigenvalue weighted by molar-refractivity contribution is 0.550. The van der Waals surface area contributed by atoms with Crippen LogP contribution in [0.4, 0.5) is 4.39 Å². The maximum atomic E-state index is 13.1. The molecule has 1 rings (SSSR count). The molecule has 82 valence electrons. The van der Waals surface area contributed by atoms with Crippen molar-refractivity contribution in [3.8, 4) is 0 Å². The number of rotatable bonds is 5. The molecule has 1 unspecified atom stereocenters. The summed E-state index contributed by atoms with van der Waals surface area (Å²) in [7, 11) is 0. The van der Waals surface area contributed by atoms with E-state index < -0.39 is 0 Å². The molecule has 3 heteroatoms. The van der Waals surface area contributed by atoms with E-state index in [1.165, 1.54) is 6.07 Å². The Bertz CT molecular complexity index is 338. The van der Waals surface area contributed by atoms with E-state index in [1.54, 1.807) is 6.07 Å². The third kappa shape index (κ3) is 3.65. The van der Waals surface area contributed by atoms with Crippen LogP contribution in [0.5, 0.6) is 0 Å². The Hall–Kier alpha value is -0.860. The number of nitrogens with one attached hydrogen (secondary N) is 1. The maximum absolute atomic E-state index is 13.1. The van der Waals surface area contributed by atoms with Gasteiger partial charge in [0.15, 0.2) is 0 Å². The zero-order valence-electron chi connectivity index (χ0n) is 8.76. The van der Waals surface area contributed by atoms with Crippen molar-refractivity contribution >= 4 is 11.6 Å². The van der Waals surface area contributed by atoms with Crippen molar-refractivity contribution in [2.75, 3.05) is 0 Å². The van der Waals surface area contributed by atoms with Crippen LogP contribution in [0.2, 0.25) is 5.02 Å². The van der Waals surface area contributed by atoms with Gasteiger partial charge in [-0.3, -0.25) is 0 Å². The Kier molecular flexibility index (Phi) is 4.79. The zero-order chi connectivity index (χ0) is 11.3. The quantitative estimate of drug-likeness (QED) is 0.759. The van der Waals surface area contributed by atoms with Crippen LogP contribution in [0.1, 0.15) is 18.9 Å². The molecule has 1 nitrogen and oxygen atoms in total. The molecule has 1 aromatic carbocycles. The third-order valence-corrected chi connectivity index (χ3v) is 2.62. The van der Waals surface area contributed by atoms with Gasteiger partial charge in [0.05, 0.1) is 5.02 Å². The van der Waals surface area contributed by atoms with Gasteiger partial charge in [-0.05, 0) is 25.0 Å². The molecule has 0 amide bonds.